The predicted octanol–water partition coefficient (Wildman–Crippen LogP) is 0.843. The molecule has 3 aromatic rings. The third kappa shape index (κ3) is 1.74. The molecule has 0 saturated heterocycles. The highest BCUT2D eigenvalue weighted by molar-refractivity contribution is 5.81. The Labute approximate surface area is 113 Å². The summed E-state index contributed by atoms with van der Waals surface area (Å²) in [4.78, 5) is 27.2. The number of H-pyrrole nitrogens is 1. The second-order valence-corrected chi connectivity index (χ2v) is 4.43. The normalized spacial score (nSPS) is 10.8. The van der Waals surface area contributed by atoms with Gasteiger partial charge in [-0.1, -0.05) is 12.1 Å². The van der Waals surface area contributed by atoms with E-state index in [0.29, 0.717) is 28.0 Å². The van der Waals surface area contributed by atoms with E-state index in [9.17, 15) is 9.59 Å². The third-order valence-corrected chi connectivity index (χ3v) is 3.10. The molecule has 0 bridgehead atoms. The molecule has 0 atom stereocenters. The van der Waals surface area contributed by atoms with Crippen molar-refractivity contribution in [1.29, 1.82) is 0 Å². The molecular formula is C14H12N4O2. The average Bonchev–Trinajstić information content (AvgIpc) is 2.40. The van der Waals surface area contributed by atoms with Crippen molar-refractivity contribution in [3.05, 3.63) is 63.3 Å². The standard InChI is InChI=1S/C14H12N4O2/c15-8-5-6-9-11(7-8)17-14(20)18(13(9)19)12-4-2-1-3-10(12)16/h1-7H,15-16H2,(H,17,20). The Morgan fingerprint density at radius 1 is 1.00 bits per heavy atom. The van der Waals surface area contributed by atoms with Gasteiger partial charge in [0, 0.05) is 5.69 Å². The lowest BCUT2D eigenvalue weighted by Crippen LogP contribution is -2.34. The molecule has 0 fully saturated rings. The van der Waals surface area contributed by atoms with Gasteiger partial charge in [-0.05, 0) is 30.3 Å². The van der Waals surface area contributed by atoms with Crippen LogP contribution in [0.5, 0.6) is 0 Å². The summed E-state index contributed by atoms with van der Waals surface area (Å²) in [6.45, 7) is 0. The maximum Gasteiger partial charge on any atom is 0.333 e. The Kier molecular flexibility index (Phi) is 2.57. The molecular weight excluding hydrogens is 256 g/mol. The molecule has 20 heavy (non-hydrogen) atoms. The lowest BCUT2D eigenvalue weighted by Gasteiger charge is -2.09. The van der Waals surface area contributed by atoms with Crippen molar-refractivity contribution in [2.75, 3.05) is 11.5 Å². The summed E-state index contributed by atoms with van der Waals surface area (Å²) in [7, 11) is 0. The minimum absolute atomic E-state index is 0.356. The van der Waals surface area contributed by atoms with Crippen molar-refractivity contribution in [2.45, 2.75) is 0 Å². The Morgan fingerprint density at radius 2 is 1.75 bits per heavy atom. The van der Waals surface area contributed by atoms with Crippen LogP contribution >= 0.6 is 0 Å². The van der Waals surface area contributed by atoms with Crippen LogP contribution in [0.3, 0.4) is 0 Å². The van der Waals surface area contributed by atoms with E-state index in [1.807, 2.05) is 0 Å². The monoisotopic (exact) mass is 268 g/mol. The first kappa shape index (κ1) is 12.0. The summed E-state index contributed by atoms with van der Waals surface area (Å²) in [5.41, 5.74) is 12.1. The number of aromatic amines is 1. The minimum Gasteiger partial charge on any atom is -0.399 e. The summed E-state index contributed by atoms with van der Waals surface area (Å²) < 4.78 is 1.02. The van der Waals surface area contributed by atoms with Gasteiger partial charge in [0.1, 0.15) is 0 Å². The van der Waals surface area contributed by atoms with Gasteiger partial charge in [0.15, 0.2) is 0 Å². The molecule has 0 unspecified atom stereocenters. The number of para-hydroxylation sites is 2. The zero-order valence-corrected chi connectivity index (χ0v) is 10.5. The number of fused-ring (bicyclic) bond motifs is 1. The summed E-state index contributed by atoms with van der Waals surface area (Å²) in [5, 5.41) is 0.377. The summed E-state index contributed by atoms with van der Waals surface area (Å²) in [6, 6.07) is 11.4. The fourth-order valence-corrected chi connectivity index (χ4v) is 2.15. The Morgan fingerprint density at radius 3 is 2.50 bits per heavy atom. The molecule has 6 nitrogen and oxygen atoms in total. The zero-order chi connectivity index (χ0) is 14.3. The van der Waals surface area contributed by atoms with E-state index in [1.165, 1.54) is 0 Å². The molecule has 5 N–H and O–H groups in total. The van der Waals surface area contributed by atoms with Crippen LogP contribution in [0.15, 0.2) is 52.1 Å². The zero-order valence-electron chi connectivity index (χ0n) is 10.5. The first-order valence-corrected chi connectivity index (χ1v) is 5.97. The van der Waals surface area contributed by atoms with E-state index < -0.39 is 11.2 Å². The molecule has 0 aliphatic rings. The van der Waals surface area contributed by atoms with Crippen molar-refractivity contribution in [1.82, 2.24) is 9.55 Å². The molecule has 0 amide bonds. The number of hydrogen-bond donors (Lipinski definition) is 3. The lowest BCUT2D eigenvalue weighted by atomic mass is 10.2. The predicted molar refractivity (Wildman–Crippen MR) is 79.0 cm³/mol. The highest BCUT2D eigenvalue weighted by Crippen LogP contribution is 2.15. The third-order valence-electron chi connectivity index (χ3n) is 3.10. The number of aromatic nitrogens is 2. The van der Waals surface area contributed by atoms with Crippen LogP contribution in [-0.2, 0) is 0 Å². The molecule has 0 aliphatic carbocycles. The van der Waals surface area contributed by atoms with E-state index in [0.717, 1.165) is 4.57 Å². The van der Waals surface area contributed by atoms with Crippen molar-refractivity contribution < 1.29 is 0 Å². The van der Waals surface area contributed by atoms with Crippen molar-refractivity contribution in [3.63, 3.8) is 0 Å². The summed E-state index contributed by atoms with van der Waals surface area (Å²) in [5.74, 6) is 0. The SMILES string of the molecule is Nc1ccc2c(=O)n(-c3ccccc3N)c(=O)[nH]c2c1. The van der Waals surface area contributed by atoms with Gasteiger partial charge in [-0.25, -0.2) is 9.36 Å². The molecule has 1 heterocycles. The molecule has 6 heteroatoms. The lowest BCUT2D eigenvalue weighted by molar-refractivity contribution is 0.904. The fourth-order valence-electron chi connectivity index (χ4n) is 2.15. The number of nitrogens with one attached hydrogen (secondary N) is 1. The van der Waals surface area contributed by atoms with Gasteiger partial charge in [-0.15, -0.1) is 0 Å². The Balaban J connectivity index is 2.44. The van der Waals surface area contributed by atoms with Gasteiger partial charge in [0.2, 0.25) is 0 Å². The van der Waals surface area contributed by atoms with Crippen molar-refractivity contribution in [2.24, 2.45) is 0 Å². The van der Waals surface area contributed by atoms with Crippen LogP contribution in [-0.4, -0.2) is 9.55 Å². The minimum atomic E-state index is -0.550. The topological polar surface area (TPSA) is 107 Å². The van der Waals surface area contributed by atoms with Crippen molar-refractivity contribution >= 4 is 22.3 Å². The molecule has 0 radical (unpaired) electrons. The second-order valence-electron chi connectivity index (χ2n) is 4.43. The number of nitrogens with two attached hydrogens (primary N) is 2. The summed E-state index contributed by atoms with van der Waals surface area (Å²) in [6.07, 6.45) is 0. The number of benzene rings is 2. The molecule has 3 rings (SSSR count). The van der Waals surface area contributed by atoms with Crippen LogP contribution in [0.4, 0.5) is 11.4 Å². The van der Waals surface area contributed by atoms with Crippen LogP contribution in [0, 0.1) is 0 Å². The number of nitrogen functional groups attached to an aromatic ring is 2. The number of hydrogen-bond acceptors (Lipinski definition) is 4. The van der Waals surface area contributed by atoms with Gasteiger partial charge in [0.05, 0.1) is 22.3 Å². The quantitative estimate of drug-likeness (QED) is 0.568. The molecule has 100 valence electrons. The second kappa shape index (κ2) is 4.27. The van der Waals surface area contributed by atoms with E-state index in [4.69, 9.17) is 11.5 Å². The highest BCUT2D eigenvalue weighted by atomic mass is 16.2. The number of rotatable bonds is 1. The van der Waals surface area contributed by atoms with Gasteiger partial charge in [0.25, 0.3) is 5.56 Å². The Bertz CT molecular complexity index is 924. The fraction of sp³-hybridized carbons (Fsp3) is 0. The van der Waals surface area contributed by atoms with Gasteiger partial charge in [-0.3, -0.25) is 4.79 Å². The summed E-state index contributed by atoms with van der Waals surface area (Å²) >= 11 is 0. The first-order chi connectivity index (χ1) is 9.58. The highest BCUT2D eigenvalue weighted by Gasteiger charge is 2.11. The van der Waals surface area contributed by atoms with Gasteiger partial charge >= 0.3 is 5.69 Å². The molecule has 0 saturated carbocycles. The van der Waals surface area contributed by atoms with Crippen LogP contribution in [0.2, 0.25) is 0 Å². The smallest absolute Gasteiger partial charge is 0.333 e. The van der Waals surface area contributed by atoms with Crippen LogP contribution < -0.4 is 22.7 Å². The average molecular weight is 268 g/mol. The van der Waals surface area contributed by atoms with E-state index in [-0.39, 0.29) is 0 Å². The maximum absolute atomic E-state index is 12.5. The number of anilines is 2. The van der Waals surface area contributed by atoms with Crippen LogP contribution in [0.1, 0.15) is 0 Å². The van der Waals surface area contributed by atoms with Crippen molar-refractivity contribution in [3.8, 4) is 5.69 Å². The van der Waals surface area contributed by atoms with Gasteiger partial charge in [-0.2, -0.15) is 0 Å². The van der Waals surface area contributed by atoms with E-state index in [1.54, 1.807) is 42.5 Å². The van der Waals surface area contributed by atoms with E-state index >= 15 is 0 Å². The largest absolute Gasteiger partial charge is 0.399 e. The molecule has 0 aliphatic heterocycles. The first-order valence-electron chi connectivity index (χ1n) is 5.97. The van der Waals surface area contributed by atoms with E-state index in [2.05, 4.69) is 4.98 Å². The van der Waals surface area contributed by atoms with Gasteiger partial charge < -0.3 is 16.5 Å². The molecule has 2 aromatic carbocycles. The molecule has 1 aromatic heterocycles. The molecule has 0 spiro atoms. The maximum atomic E-state index is 12.5. The number of nitrogens with zero attached hydrogens (tertiary/aromatic N) is 1. The van der Waals surface area contributed by atoms with Crippen LogP contribution in [0.25, 0.3) is 16.6 Å². The Hall–Kier alpha value is -3.02.